The Kier molecular flexibility index (Phi) is 6.06. The van der Waals surface area contributed by atoms with Gasteiger partial charge in [-0.1, -0.05) is 35.2 Å². The van der Waals surface area contributed by atoms with Crippen LogP contribution < -0.4 is 5.32 Å². The molecule has 0 saturated carbocycles. The molecule has 1 atom stereocenters. The van der Waals surface area contributed by atoms with Crippen molar-refractivity contribution in [2.45, 2.75) is 25.1 Å². The van der Waals surface area contributed by atoms with Crippen LogP contribution in [0.15, 0.2) is 22.5 Å². The number of anilines is 2. The van der Waals surface area contributed by atoms with Gasteiger partial charge in [-0.05, 0) is 38.0 Å². The maximum atomic E-state index is 11.9. The summed E-state index contributed by atoms with van der Waals surface area (Å²) >= 11 is 2.59. The minimum absolute atomic E-state index is 0.0673. The molecule has 0 bridgehead atoms. The van der Waals surface area contributed by atoms with Crippen molar-refractivity contribution >= 4 is 45.4 Å². The maximum Gasteiger partial charge on any atom is 0.210 e. The number of carbonyl (C=O) groups excluding carboxylic acids is 1. The van der Waals surface area contributed by atoms with Crippen LogP contribution in [0.25, 0.3) is 0 Å². The van der Waals surface area contributed by atoms with Crippen molar-refractivity contribution in [3.05, 3.63) is 29.3 Å². The van der Waals surface area contributed by atoms with Crippen LogP contribution in [-0.2, 0) is 4.79 Å². The minimum Gasteiger partial charge on any atom is -0.330 e. The predicted molar refractivity (Wildman–Crippen MR) is 97.3 cm³/mol. The average Bonchev–Trinajstić information content (AvgIpc) is 2.98. The number of Topliss-reactive ketones (excluding diaryl/α,β-unsaturated/α-hetero) is 1. The molecule has 6 nitrogen and oxygen atoms in total. The van der Waals surface area contributed by atoms with E-state index in [4.69, 9.17) is 10.7 Å². The topological polar surface area (TPSA) is 103 Å². The summed E-state index contributed by atoms with van der Waals surface area (Å²) in [5.41, 5.74) is 3.38. The van der Waals surface area contributed by atoms with Gasteiger partial charge in [-0.2, -0.15) is 5.26 Å². The number of benzene rings is 1. The van der Waals surface area contributed by atoms with Gasteiger partial charge in [0.05, 0.1) is 11.8 Å². The first-order valence-electron chi connectivity index (χ1n) is 7.19. The van der Waals surface area contributed by atoms with Crippen molar-refractivity contribution in [3.8, 4) is 6.07 Å². The molecule has 1 unspecified atom stereocenters. The third-order valence-corrected chi connectivity index (χ3v) is 5.47. The number of carbonyl (C=O) groups is 1. The summed E-state index contributed by atoms with van der Waals surface area (Å²) in [6, 6.07) is 7.85. The largest absolute Gasteiger partial charge is 0.330 e. The minimum atomic E-state index is -0.974. The van der Waals surface area contributed by atoms with Gasteiger partial charge in [0.15, 0.2) is 10.1 Å². The zero-order valence-electron chi connectivity index (χ0n) is 13.6. The van der Waals surface area contributed by atoms with Crippen LogP contribution in [0.3, 0.4) is 0 Å². The van der Waals surface area contributed by atoms with Crippen LogP contribution in [0.1, 0.15) is 18.1 Å². The molecule has 1 aromatic carbocycles. The highest BCUT2D eigenvalue weighted by atomic mass is 32.2. The van der Waals surface area contributed by atoms with Gasteiger partial charge in [0.1, 0.15) is 5.92 Å². The summed E-state index contributed by atoms with van der Waals surface area (Å²) in [7, 11) is 0. The van der Waals surface area contributed by atoms with Gasteiger partial charge in [-0.15, -0.1) is 10.2 Å². The van der Waals surface area contributed by atoms with Gasteiger partial charge < -0.3 is 10.7 Å². The first kappa shape index (κ1) is 18.1. The first-order chi connectivity index (χ1) is 11.4. The molecule has 0 aliphatic rings. The summed E-state index contributed by atoms with van der Waals surface area (Å²) in [5.74, 6) is -1.15. The monoisotopic (exact) mass is 359 g/mol. The van der Waals surface area contributed by atoms with Gasteiger partial charge >= 0.3 is 0 Å². The second-order valence-corrected chi connectivity index (χ2v) is 7.45. The van der Waals surface area contributed by atoms with Gasteiger partial charge in [0.25, 0.3) is 0 Å². The van der Waals surface area contributed by atoms with E-state index in [2.05, 4.69) is 15.5 Å². The van der Waals surface area contributed by atoms with E-state index >= 15 is 0 Å². The van der Waals surface area contributed by atoms with Crippen LogP contribution in [0, 0.1) is 36.5 Å². The molecule has 8 heteroatoms. The van der Waals surface area contributed by atoms with E-state index in [-0.39, 0.29) is 17.2 Å². The Balaban J connectivity index is 1.99. The van der Waals surface area contributed by atoms with Crippen molar-refractivity contribution in [2.24, 2.45) is 5.92 Å². The SMILES string of the molecule is CC(=N)C(C#N)C(=O)CSc1nnc(Nc2cccc(C)c2C)s1. The number of nitrogens with one attached hydrogen (secondary N) is 2. The fraction of sp³-hybridized carbons (Fsp3) is 0.312. The Labute approximate surface area is 148 Å². The molecular weight excluding hydrogens is 342 g/mol. The second-order valence-electron chi connectivity index (χ2n) is 5.25. The van der Waals surface area contributed by atoms with Crippen LogP contribution in [0.2, 0.25) is 0 Å². The maximum absolute atomic E-state index is 11.9. The molecule has 0 fully saturated rings. The Bertz CT molecular complexity index is 809. The fourth-order valence-corrected chi connectivity index (χ4v) is 3.62. The van der Waals surface area contributed by atoms with Gasteiger partial charge in [-0.25, -0.2) is 0 Å². The van der Waals surface area contributed by atoms with Gasteiger partial charge in [-0.3, -0.25) is 4.79 Å². The normalized spacial score (nSPS) is 11.6. The molecule has 0 amide bonds. The van der Waals surface area contributed by atoms with Crippen molar-refractivity contribution in [2.75, 3.05) is 11.1 Å². The number of ketones is 1. The highest BCUT2D eigenvalue weighted by Crippen LogP contribution is 2.29. The summed E-state index contributed by atoms with van der Waals surface area (Å²) < 4.78 is 0.649. The molecule has 0 aliphatic carbocycles. The Morgan fingerprint density at radius 2 is 2.21 bits per heavy atom. The third-order valence-electron chi connectivity index (χ3n) is 3.47. The van der Waals surface area contributed by atoms with Crippen LogP contribution in [0.4, 0.5) is 10.8 Å². The molecule has 0 saturated heterocycles. The van der Waals surface area contributed by atoms with Gasteiger partial charge in [0.2, 0.25) is 5.13 Å². The number of nitrogens with zero attached hydrogens (tertiary/aromatic N) is 3. The predicted octanol–water partition coefficient (Wildman–Crippen LogP) is 3.74. The number of rotatable bonds is 7. The Morgan fingerprint density at radius 1 is 1.46 bits per heavy atom. The number of aryl methyl sites for hydroxylation is 1. The van der Waals surface area contributed by atoms with E-state index in [9.17, 15) is 4.79 Å². The van der Waals surface area contributed by atoms with E-state index in [1.54, 1.807) is 0 Å². The molecular formula is C16H17N5OS2. The Hall–Kier alpha value is -2.24. The van der Waals surface area contributed by atoms with Crippen molar-refractivity contribution in [1.82, 2.24) is 10.2 Å². The number of nitriles is 1. The van der Waals surface area contributed by atoms with E-state index < -0.39 is 5.92 Å². The van der Waals surface area contributed by atoms with E-state index in [1.165, 1.54) is 35.6 Å². The molecule has 0 radical (unpaired) electrons. The summed E-state index contributed by atoms with van der Waals surface area (Å²) in [6.07, 6.45) is 0. The van der Waals surface area contributed by atoms with Crippen molar-refractivity contribution < 1.29 is 4.79 Å². The standard InChI is InChI=1S/C16H17N5OS2/c1-9-5-4-6-13(10(9)2)19-15-20-21-16(24-15)23-8-14(22)12(7-17)11(3)18/h4-6,12,18H,8H2,1-3H3,(H,19,20). The lowest BCUT2D eigenvalue weighted by molar-refractivity contribution is -0.117. The number of hydrogen-bond acceptors (Lipinski definition) is 8. The average molecular weight is 359 g/mol. The van der Waals surface area contributed by atoms with Gasteiger partial charge in [0, 0.05) is 11.4 Å². The van der Waals surface area contributed by atoms with E-state index in [0.717, 1.165) is 11.3 Å². The molecule has 1 aromatic heterocycles. The molecule has 124 valence electrons. The smallest absolute Gasteiger partial charge is 0.210 e. The van der Waals surface area contributed by atoms with Crippen LogP contribution >= 0.6 is 23.1 Å². The van der Waals surface area contributed by atoms with Crippen LogP contribution in [-0.4, -0.2) is 27.4 Å². The first-order valence-corrected chi connectivity index (χ1v) is 8.99. The third kappa shape index (κ3) is 4.40. The second kappa shape index (κ2) is 8.04. The fourth-order valence-electron chi connectivity index (χ4n) is 1.95. The number of aromatic nitrogens is 2. The molecule has 2 N–H and O–H groups in total. The quantitative estimate of drug-likeness (QED) is 0.577. The summed E-state index contributed by atoms with van der Waals surface area (Å²) in [4.78, 5) is 11.9. The molecule has 1 heterocycles. The van der Waals surface area contributed by atoms with E-state index in [0.29, 0.717) is 9.47 Å². The molecule has 2 aromatic rings. The Morgan fingerprint density at radius 3 is 2.88 bits per heavy atom. The summed E-state index contributed by atoms with van der Waals surface area (Å²) in [5, 5.41) is 28.4. The number of hydrogen-bond donors (Lipinski definition) is 2. The lowest BCUT2D eigenvalue weighted by atomic mass is 10.0. The molecule has 0 spiro atoms. The molecule has 0 aliphatic heterocycles. The van der Waals surface area contributed by atoms with Crippen molar-refractivity contribution in [1.29, 1.82) is 10.7 Å². The zero-order valence-corrected chi connectivity index (χ0v) is 15.2. The van der Waals surface area contributed by atoms with E-state index in [1.807, 2.05) is 38.1 Å². The highest BCUT2D eigenvalue weighted by Gasteiger charge is 2.20. The van der Waals surface area contributed by atoms with Crippen LogP contribution in [0.5, 0.6) is 0 Å². The summed E-state index contributed by atoms with van der Waals surface area (Å²) in [6.45, 7) is 5.55. The molecule has 2 rings (SSSR count). The lowest BCUT2D eigenvalue weighted by Gasteiger charge is -2.08. The highest BCUT2D eigenvalue weighted by molar-refractivity contribution is 8.01. The zero-order chi connectivity index (χ0) is 17.7. The van der Waals surface area contributed by atoms with Crippen molar-refractivity contribution in [3.63, 3.8) is 0 Å². The lowest BCUT2D eigenvalue weighted by Crippen LogP contribution is -2.21. The number of thioether (sulfide) groups is 1. The molecule has 24 heavy (non-hydrogen) atoms.